The van der Waals surface area contributed by atoms with Gasteiger partial charge in [0.1, 0.15) is 13.1 Å². The van der Waals surface area contributed by atoms with Crippen LogP contribution in [-0.2, 0) is 0 Å². The molecule has 0 aromatic rings. The third kappa shape index (κ3) is 1.99. The van der Waals surface area contributed by atoms with E-state index in [-0.39, 0.29) is 5.54 Å². The third-order valence-corrected chi connectivity index (χ3v) is 2.41. The minimum absolute atomic E-state index is 0.281. The van der Waals surface area contributed by atoms with Crippen molar-refractivity contribution in [3.05, 3.63) is 0 Å². The van der Waals surface area contributed by atoms with E-state index in [9.17, 15) is 0 Å². The lowest BCUT2D eigenvalue weighted by Gasteiger charge is -2.23. The van der Waals surface area contributed by atoms with Crippen LogP contribution >= 0.6 is 0 Å². The number of hydrogen-bond acceptors (Lipinski definition) is 1. The van der Waals surface area contributed by atoms with Crippen LogP contribution in [0.1, 0.15) is 34.6 Å². The number of rotatable bonds is 1. The minimum Gasteiger partial charge on any atom is -0.262 e. The molecule has 0 spiro atoms. The summed E-state index contributed by atoms with van der Waals surface area (Å²) in [7, 11) is 0. The van der Waals surface area contributed by atoms with Crippen molar-refractivity contribution in [2.45, 2.75) is 46.2 Å². The first-order valence-electron chi connectivity index (χ1n) is 4.79. The van der Waals surface area contributed by atoms with E-state index >= 15 is 0 Å². The van der Waals surface area contributed by atoms with Crippen molar-refractivity contribution in [1.82, 2.24) is 4.90 Å². The van der Waals surface area contributed by atoms with Crippen LogP contribution in [0.2, 0.25) is 0 Å². The van der Waals surface area contributed by atoms with Gasteiger partial charge in [-0.25, -0.2) is 0 Å². The highest BCUT2D eigenvalue weighted by atomic mass is 15.3. The highest BCUT2D eigenvalue weighted by Gasteiger charge is 2.30. The molecule has 1 rings (SSSR count). The summed E-state index contributed by atoms with van der Waals surface area (Å²) in [5.74, 6) is 0. The average molecular weight is 169 g/mol. The molecule has 0 atom stereocenters. The van der Waals surface area contributed by atoms with Crippen LogP contribution in [0.25, 0.3) is 0 Å². The zero-order valence-electron chi connectivity index (χ0n) is 8.96. The van der Waals surface area contributed by atoms with Crippen molar-refractivity contribution in [3.63, 3.8) is 0 Å². The number of nitrogens with zero attached hydrogens (tertiary/aromatic N) is 2. The van der Waals surface area contributed by atoms with Gasteiger partial charge in [-0.2, -0.15) is 0 Å². The van der Waals surface area contributed by atoms with Crippen molar-refractivity contribution in [2.24, 2.45) is 0 Å². The lowest BCUT2D eigenvalue weighted by molar-refractivity contribution is -0.545. The summed E-state index contributed by atoms with van der Waals surface area (Å²) in [6, 6.07) is 0.636. The Labute approximate surface area is 75.9 Å². The lowest BCUT2D eigenvalue weighted by Crippen LogP contribution is -2.39. The van der Waals surface area contributed by atoms with Crippen molar-refractivity contribution >= 4 is 6.34 Å². The van der Waals surface area contributed by atoms with Gasteiger partial charge >= 0.3 is 0 Å². The molecule has 1 heterocycles. The summed E-state index contributed by atoms with van der Waals surface area (Å²) in [6.45, 7) is 13.6. The average Bonchev–Trinajstić information content (AvgIpc) is 2.30. The molecule has 2 heteroatoms. The Bertz CT molecular complexity index is 187. The van der Waals surface area contributed by atoms with E-state index in [4.69, 9.17) is 0 Å². The van der Waals surface area contributed by atoms with Gasteiger partial charge in [0.05, 0.1) is 11.6 Å². The van der Waals surface area contributed by atoms with E-state index in [0.29, 0.717) is 6.04 Å². The topological polar surface area (TPSA) is 6.25 Å². The molecule has 2 nitrogen and oxygen atoms in total. The Morgan fingerprint density at radius 1 is 1.33 bits per heavy atom. The van der Waals surface area contributed by atoms with Gasteiger partial charge in [-0.3, -0.25) is 9.48 Å². The SMILES string of the molecule is CC(C)[N+]1=CN(C(C)(C)C)CC1. The molecule has 0 saturated heterocycles. The molecule has 70 valence electrons. The number of hydrogen-bond donors (Lipinski definition) is 0. The summed E-state index contributed by atoms with van der Waals surface area (Å²) in [6.07, 6.45) is 2.27. The van der Waals surface area contributed by atoms with Crippen LogP contribution in [0.3, 0.4) is 0 Å². The summed E-state index contributed by atoms with van der Waals surface area (Å²) in [5, 5.41) is 0. The molecular formula is C10H21N2+. The fourth-order valence-electron chi connectivity index (χ4n) is 1.42. The highest BCUT2D eigenvalue weighted by molar-refractivity contribution is 5.51. The molecule has 0 radical (unpaired) electrons. The van der Waals surface area contributed by atoms with Crippen molar-refractivity contribution in [2.75, 3.05) is 13.1 Å². The van der Waals surface area contributed by atoms with Crippen LogP contribution in [-0.4, -0.2) is 40.5 Å². The lowest BCUT2D eigenvalue weighted by atomic mass is 10.1. The van der Waals surface area contributed by atoms with Gasteiger partial charge in [0, 0.05) is 0 Å². The van der Waals surface area contributed by atoms with Crippen molar-refractivity contribution < 1.29 is 4.58 Å². The standard InChI is InChI=1S/C10H21N2/c1-9(2)11-6-7-12(8-11)10(3,4)5/h8-9H,6-7H2,1-5H3/q+1. The molecule has 0 amide bonds. The highest BCUT2D eigenvalue weighted by Crippen LogP contribution is 2.13. The van der Waals surface area contributed by atoms with Gasteiger partial charge < -0.3 is 0 Å². The summed E-state index contributed by atoms with van der Waals surface area (Å²) in [5.41, 5.74) is 0.281. The first-order valence-corrected chi connectivity index (χ1v) is 4.79. The molecule has 0 aromatic heterocycles. The molecule has 12 heavy (non-hydrogen) atoms. The van der Waals surface area contributed by atoms with Gasteiger partial charge in [0.15, 0.2) is 0 Å². The van der Waals surface area contributed by atoms with Gasteiger partial charge in [-0.05, 0) is 34.6 Å². The van der Waals surface area contributed by atoms with Crippen LogP contribution in [0.15, 0.2) is 0 Å². The van der Waals surface area contributed by atoms with Gasteiger partial charge in [0.2, 0.25) is 6.34 Å². The maximum Gasteiger partial charge on any atom is 0.235 e. The molecule has 1 aliphatic heterocycles. The molecule has 0 fully saturated rings. The molecular weight excluding hydrogens is 148 g/mol. The van der Waals surface area contributed by atoms with Gasteiger partial charge in [-0.1, -0.05) is 0 Å². The fraction of sp³-hybridized carbons (Fsp3) is 0.900. The van der Waals surface area contributed by atoms with Crippen molar-refractivity contribution in [3.8, 4) is 0 Å². The van der Waals surface area contributed by atoms with Crippen LogP contribution in [0.4, 0.5) is 0 Å². The van der Waals surface area contributed by atoms with E-state index in [1.807, 2.05) is 0 Å². The maximum atomic E-state index is 2.41. The second-order valence-electron chi connectivity index (χ2n) is 4.81. The fourth-order valence-corrected chi connectivity index (χ4v) is 1.42. The zero-order valence-corrected chi connectivity index (χ0v) is 8.96. The quantitative estimate of drug-likeness (QED) is 0.540. The second kappa shape index (κ2) is 3.08. The summed E-state index contributed by atoms with van der Waals surface area (Å²) < 4.78 is 2.39. The Morgan fingerprint density at radius 3 is 2.17 bits per heavy atom. The normalized spacial score (nSPS) is 18.8. The maximum absolute atomic E-state index is 2.41. The largest absolute Gasteiger partial charge is 0.262 e. The van der Waals surface area contributed by atoms with E-state index < -0.39 is 0 Å². The molecule has 1 aliphatic rings. The smallest absolute Gasteiger partial charge is 0.235 e. The first-order chi connectivity index (χ1) is 5.41. The molecule has 0 aromatic carbocycles. The van der Waals surface area contributed by atoms with Gasteiger partial charge in [0.25, 0.3) is 0 Å². The van der Waals surface area contributed by atoms with E-state index in [2.05, 4.69) is 50.4 Å². The van der Waals surface area contributed by atoms with Crippen LogP contribution < -0.4 is 0 Å². The van der Waals surface area contributed by atoms with E-state index in [1.165, 1.54) is 13.1 Å². The predicted octanol–water partition coefficient (Wildman–Crippen LogP) is 1.55. The molecule has 0 saturated carbocycles. The van der Waals surface area contributed by atoms with Crippen LogP contribution in [0, 0.1) is 0 Å². The first kappa shape index (κ1) is 9.56. The van der Waals surface area contributed by atoms with E-state index in [0.717, 1.165) is 0 Å². The van der Waals surface area contributed by atoms with Crippen molar-refractivity contribution in [1.29, 1.82) is 0 Å². The molecule has 0 aliphatic carbocycles. The Balaban J connectivity index is 2.65. The van der Waals surface area contributed by atoms with Gasteiger partial charge in [-0.15, -0.1) is 0 Å². The monoisotopic (exact) mass is 169 g/mol. The molecule has 0 N–H and O–H groups in total. The second-order valence-corrected chi connectivity index (χ2v) is 4.81. The molecule has 0 unspecified atom stereocenters. The predicted molar refractivity (Wildman–Crippen MR) is 52.8 cm³/mol. The summed E-state index contributed by atoms with van der Waals surface area (Å²) in [4.78, 5) is 2.41. The Hall–Kier alpha value is -0.530. The Kier molecular flexibility index (Phi) is 2.45. The minimum atomic E-state index is 0.281. The van der Waals surface area contributed by atoms with Crippen LogP contribution in [0.5, 0.6) is 0 Å². The summed E-state index contributed by atoms with van der Waals surface area (Å²) >= 11 is 0. The zero-order chi connectivity index (χ0) is 9.35. The molecule has 0 bridgehead atoms. The Morgan fingerprint density at radius 2 is 1.92 bits per heavy atom. The third-order valence-electron chi connectivity index (χ3n) is 2.41. The van der Waals surface area contributed by atoms with E-state index in [1.54, 1.807) is 0 Å².